The van der Waals surface area contributed by atoms with Crippen molar-refractivity contribution in [3.63, 3.8) is 0 Å². The van der Waals surface area contributed by atoms with E-state index in [1.807, 2.05) is 0 Å². The molecule has 2 aromatic rings. The standard InChI is InChI=1S/C26H33B3FN3O8/c1-31-22(35)21(25(27,39)24(37,38)14-34)33-13-17-16(23(33)36)5-3-7-19(17)41-26(28,29)18-6-2-4-15(20(18)30)12-32-8-10-40-11-9-32/h2-7,14,21,37-39H,8-13,27-29H2,1H3,(H,31,35). The van der Waals surface area contributed by atoms with Gasteiger partial charge < -0.3 is 35.0 Å². The number of halogens is 1. The Morgan fingerprint density at radius 2 is 1.83 bits per heavy atom. The molecular formula is C26H33B3FN3O8. The summed E-state index contributed by atoms with van der Waals surface area (Å²) in [6.45, 7) is 2.75. The molecule has 2 aromatic carbocycles. The number of rotatable bonds is 10. The van der Waals surface area contributed by atoms with Crippen molar-refractivity contribution < 1.29 is 43.6 Å². The molecule has 0 radical (unpaired) electrons. The maximum atomic E-state index is 15.8. The number of amides is 2. The van der Waals surface area contributed by atoms with Gasteiger partial charge in [-0.15, -0.1) is 0 Å². The summed E-state index contributed by atoms with van der Waals surface area (Å²) in [4.78, 5) is 40.7. The first-order valence-corrected chi connectivity index (χ1v) is 13.3. The minimum atomic E-state index is -3.34. The molecule has 2 unspecified atom stereocenters. The number of morpholine rings is 1. The number of hydrogen-bond donors (Lipinski definition) is 4. The molecule has 2 aliphatic heterocycles. The molecule has 216 valence electrons. The minimum Gasteiger partial charge on any atom is -0.501 e. The molecule has 1 fully saturated rings. The first-order chi connectivity index (χ1) is 19.2. The molecule has 2 atom stereocenters. The van der Waals surface area contributed by atoms with Gasteiger partial charge in [-0.25, -0.2) is 4.39 Å². The Hall–Kier alpha value is -3.23. The van der Waals surface area contributed by atoms with Crippen molar-refractivity contribution in [3.05, 3.63) is 64.5 Å². The van der Waals surface area contributed by atoms with E-state index < -0.39 is 40.4 Å². The Labute approximate surface area is 239 Å². The van der Waals surface area contributed by atoms with Crippen LogP contribution in [-0.2, 0) is 32.8 Å². The van der Waals surface area contributed by atoms with E-state index in [2.05, 4.69) is 10.2 Å². The summed E-state index contributed by atoms with van der Waals surface area (Å²) in [5, 5.41) is 32.4. The van der Waals surface area contributed by atoms with E-state index in [4.69, 9.17) is 9.47 Å². The van der Waals surface area contributed by atoms with Gasteiger partial charge in [0.25, 0.3) is 5.91 Å². The van der Waals surface area contributed by atoms with E-state index in [9.17, 15) is 29.7 Å². The number of fused-ring (bicyclic) bond motifs is 1. The summed E-state index contributed by atoms with van der Waals surface area (Å²) in [6, 6.07) is 7.95. The van der Waals surface area contributed by atoms with Crippen molar-refractivity contribution in [3.8, 4) is 5.75 Å². The summed E-state index contributed by atoms with van der Waals surface area (Å²) in [5.41, 5.74) is -1.45. The Balaban J connectivity index is 1.65. The molecule has 11 nitrogen and oxygen atoms in total. The van der Waals surface area contributed by atoms with Crippen LogP contribution in [0.5, 0.6) is 5.75 Å². The van der Waals surface area contributed by atoms with E-state index in [1.165, 1.54) is 13.1 Å². The summed E-state index contributed by atoms with van der Waals surface area (Å²) in [6.07, 6.45) is -0.310. The number of nitrogens with zero attached hydrogens (tertiary/aromatic N) is 2. The smallest absolute Gasteiger partial charge is 0.255 e. The Morgan fingerprint density at radius 3 is 2.46 bits per heavy atom. The number of benzene rings is 2. The average molecular weight is 567 g/mol. The predicted octanol–water partition coefficient (Wildman–Crippen LogP) is -3.61. The van der Waals surface area contributed by atoms with Gasteiger partial charge in [-0.3, -0.25) is 19.3 Å². The number of hydrogen-bond acceptors (Lipinski definition) is 9. The number of likely N-dealkylation sites (N-methyl/N-ethyl adjacent to an activating group) is 1. The van der Waals surface area contributed by atoms with Gasteiger partial charge >= 0.3 is 0 Å². The Kier molecular flexibility index (Phi) is 8.67. The Bertz CT molecular complexity index is 1340. The molecule has 0 bridgehead atoms. The van der Waals surface area contributed by atoms with E-state index in [1.54, 1.807) is 46.0 Å². The SMILES string of the molecule is BC(B)(Oc1cccc2c1CN(C(C(=O)NC)C(B)(O)C(O)(O)C=O)C2=O)c1cccc(CN2CCOCC2)c1F. The lowest BCUT2D eigenvalue weighted by atomic mass is 9.60. The molecule has 1 saturated heterocycles. The van der Waals surface area contributed by atoms with Crippen LogP contribution in [0, 0.1) is 5.82 Å². The number of aldehydes is 1. The molecule has 41 heavy (non-hydrogen) atoms. The highest BCUT2D eigenvalue weighted by Crippen LogP contribution is 2.38. The number of aliphatic hydroxyl groups is 3. The highest BCUT2D eigenvalue weighted by Gasteiger charge is 2.57. The Morgan fingerprint density at radius 1 is 1.17 bits per heavy atom. The summed E-state index contributed by atoms with van der Waals surface area (Å²) >= 11 is 0. The van der Waals surface area contributed by atoms with E-state index >= 15 is 4.39 Å². The molecule has 4 rings (SSSR count). The van der Waals surface area contributed by atoms with Crippen molar-refractivity contribution in [2.75, 3.05) is 33.4 Å². The van der Waals surface area contributed by atoms with Crippen LogP contribution in [0.3, 0.4) is 0 Å². The fourth-order valence-corrected chi connectivity index (χ4v) is 5.28. The maximum absolute atomic E-state index is 15.8. The third kappa shape index (κ3) is 5.77. The second kappa shape index (κ2) is 11.6. The predicted molar refractivity (Wildman–Crippen MR) is 153 cm³/mol. The second-order valence-electron chi connectivity index (χ2n) is 11.0. The van der Waals surface area contributed by atoms with E-state index in [0.717, 1.165) is 12.7 Å². The molecule has 15 heteroatoms. The molecule has 0 saturated carbocycles. The largest absolute Gasteiger partial charge is 0.501 e. The van der Waals surface area contributed by atoms with Gasteiger partial charge in [0.05, 0.1) is 25.2 Å². The molecule has 2 heterocycles. The zero-order valence-corrected chi connectivity index (χ0v) is 23.5. The third-order valence-electron chi connectivity index (χ3n) is 7.79. The van der Waals surface area contributed by atoms with E-state index in [0.29, 0.717) is 49.5 Å². The van der Waals surface area contributed by atoms with Gasteiger partial charge in [-0.2, -0.15) is 0 Å². The molecule has 0 aliphatic carbocycles. The van der Waals surface area contributed by atoms with Crippen LogP contribution >= 0.6 is 0 Å². The van der Waals surface area contributed by atoms with Crippen LogP contribution < -0.4 is 10.1 Å². The third-order valence-corrected chi connectivity index (χ3v) is 7.79. The van der Waals surface area contributed by atoms with E-state index in [-0.39, 0.29) is 24.1 Å². The van der Waals surface area contributed by atoms with Gasteiger partial charge in [-0.05, 0) is 12.1 Å². The van der Waals surface area contributed by atoms with Crippen LogP contribution in [0.4, 0.5) is 4.39 Å². The van der Waals surface area contributed by atoms with Crippen molar-refractivity contribution in [1.29, 1.82) is 0 Å². The van der Waals surface area contributed by atoms with Crippen LogP contribution in [0.15, 0.2) is 36.4 Å². The monoisotopic (exact) mass is 567 g/mol. The van der Waals surface area contributed by atoms with Crippen LogP contribution in [0.1, 0.15) is 27.0 Å². The lowest BCUT2D eigenvalue weighted by Gasteiger charge is -2.42. The molecule has 4 N–H and O–H groups in total. The number of ether oxygens (including phenoxy) is 2. The number of carbonyl (C=O) groups is 3. The maximum Gasteiger partial charge on any atom is 0.255 e. The van der Waals surface area contributed by atoms with Crippen LogP contribution in [0.2, 0.25) is 0 Å². The molecule has 2 amide bonds. The lowest BCUT2D eigenvalue weighted by Crippen LogP contribution is -2.70. The summed E-state index contributed by atoms with van der Waals surface area (Å²) in [7, 11) is 5.53. The van der Waals surface area contributed by atoms with Gasteiger partial charge in [0.15, 0.2) is 29.8 Å². The molecular weight excluding hydrogens is 534 g/mol. The number of carbonyl (C=O) groups excluding carboxylic acids is 3. The van der Waals surface area contributed by atoms with Crippen molar-refractivity contribution in [2.24, 2.45) is 0 Å². The van der Waals surface area contributed by atoms with Crippen molar-refractivity contribution >= 4 is 41.6 Å². The molecule has 0 aromatic heterocycles. The highest BCUT2D eigenvalue weighted by atomic mass is 19.1. The molecule has 2 aliphatic rings. The van der Waals surface area contributed by atoms with Gasteiger partial charge in [0, 0.05) is 48.9 Å². The summed E-state index contributed by atoms with van der Waals surface area (Å²) < 4.78 is 27.5. The first-order valence-electron chi connectivity index (χ1n) is 13.3. The van der Waals surface area contributed by atoms with Crippen molar-refractivity contribution in [1.82, 2.24) is 15.1 Å². The second-order valence-corrected chi connectivity index (χ2v) is 11.0. The average Bonchev–Trinajstić information content (AvgIpc) is 3.26. The van der Waals surface area contributed by atoms with Gasteiger partial charge in [-0.1, -0.05) is 24.3 Å². The summed E-state index contributed by atoms with van der Waals surface area (Å²) in [5.74, 6) is -5.12. The first kappa shape index (κ1) is 30.7. The van der Waals surface area contributed by atoms with Gasteiger partial charge in [0.2, 0.25) is 11.7 Å². The minimum absolute atomic E-state index is 0.150. The normalized spacial score (nSPS) is 18.4. The highest BCUT2D eigenvalue weighted by molar-refractivity contribution is 6.39. The quantitative estimate of drug-likeness (QED) is 0.130. The van der Waals surface area contributed by atoms with Crippen LogP contribution in [-0.4, -0.2) is 117 Å². The zero-order chi connectivity index (χ0) is 30.2. The van der Waals surface area contributed by atoms with Gasteiger partial charge in [0.1, 0.15) is 23.1 Å². The topological polar surface area (TPSA) is 149 Å². The lowest BCUT2D eigenvalue weighted by molar-refractivity contribution is -0.234. The zero-order valence-electron chi connectivity index (χ0n) is 23.5. The fourth-order valence-electron chi connectivity index (χ4n) is 5.28. The number of nitrogens with one attached hydrogen (secondary N) is 1. The molecule has 0 spiro atoms. The van der Waals surface area contributed by atoms with Crippen molar-refractivity contribution in [2.45, 2.75) is 35.8 Å². The fraction of sp³-hybridized carbons (Fsp3) is 0.423. The van der Waals surface area contributed by atoms with Crippen LogP contribution in [0.25, 0.3) is 0 Å².